The second-order valence-electron chi connectivity index (χ2n) is 7.81. The van der Waals surface area contributed by atoms with Gasteiger partial charge in [-0.1, -0.05) is 36.4 Å². The minimum Gasteiger partial charge on any atom is -0.305 e. The van der Waals surface area contributed by atoms with Gasteiger partial charge in [0.1, 0.15) is 0 Å². The Morgan fingerprint density at radius 3 is 2.16 bits per heavy atom. The highest BCUT2D eigenvalue weighted by atomic mass is 19.2. The van der Waals surface area contributed by atoms with E-state index in [0.29, 0.717) is 24.2 Å². The van der Waals surface area contributed by atoms with Gasteiger partial charge >= 0.3 is 0 Å². The number of carbonyl (C=O) groups excluding carboxylic acids is 2. The fourth-order valence-corrected chi connectivity index (χ4v) is 4.32. The average molecular weight is 438 g/mol. The molecule has 0 saturated carbocycles. The summed E-state index contributed by atoms with van der Waals surface area (Å²) >= 11 is 0. The third kappa shape index (κ3) is 3.75. The summed E-state index contributed by atoms with van der Waals surface area (Å²) in [6, 6.07) is 17.0. The van der Waals surface area contributed by atoms with Crippen molar-refractivity contribution in [3.05, 3.63) is 95.3 Å². The molecule has 32 heavy (non-hydrogen) atoms. The maximum atomic E-state index is 13.8. The number of nitrogens with zero attached hydrogens (tertiary/aromatic N) is 2. The molecule has 0 radical (unpaired) electrons. The lowest BCUT2D eigenvalue weighted by molar-refractivity contribution is -0.117. The number of anilines is 2. The van der Waals surface area contributed by atoms with Crippen LogP contribution >= 0.6 is 0 Å². The van der Waals surface area contributed by atoms with Crippen LogP contribution in [0.15, 0.2) is 66.7 Å². The van der Waals surface area contributed by atoms with Crippen LogP contribution in [0.4, 0.5) is 24.5 Å². The fraction of sp³-hybridized carbons (Fsp3) is 0.200. The Morgan fingerprint density at radius 1 is 0.938 bits per heavy atom. The van der Waals surface area contributed by atoms with Crippen LogP contribution < -0.4 is 9.80 Å². The highest BCUT2D eigenvalue weighted by molar-refractivity contribution is 6.07. The van der Waals surface area contributed by atoms with E-state index in [1.165, 1.54) is 11.8 Å². The summed E-state index contributed by atoms with van der Waals surface area (Å²) in [6.07, 6.45) is 0.406. The molecule has 4 nitrogen and oxygen atoms in total. The molecule has 3 aromatic rings. The molecule has 0 N–H and O–H groups in total. The van der Waals surface area contributed by atoms with Gasteiger partial charge in [-0.3, -0.25) is 9.59 Å². The smallest absolute Gasteiger partial charge is 0.258 e. The summed E-state index contributed by atoms with van der Waals surface area (Å²) in [7, 11) is 0. The quantitative estimate of drug-likeness (QED) is 0.497. The Balaban J connectivity index is 1.79. The van der Waals surface area contributed by atoms with Gasteiger partial charge in [-0.15, -0.1) is 0 Å². The predicted octanol–water partition coefficient (Wildman–Crippen LogP) is 5.64. The molecule has 2 amide bonds. The van der Waals surface area contributed by atoms with Crippen LogP contribution in [0.2, 0.25) is 0 Å². The van der Waals surface area contributed by atoms with Crippen molar-refractivity contribution in [3.63, 3.8) is 0 Å². The van der Waals surface area contributed by atoms with Gasteiger partial charge in [0.25, 0.3) is 5.91 Å². The minimum absolute atomic E-state index is 0.148. The molecule has 1 heterocycles. The zero-order valence-corrected chi connectivity index (χ0v) is 17.6. The minimum atomic E-state index is -1.62. The Bertz CT molecular complexity index is 1160. The van der Waals surface area contributed by atoms with Gasteiger partial charge < -0.3 is 9.80 Å². The summed E-state index contributed by atoms with van der Waals surface area (Å²) in [4.78, 5) is 29.0. The number of hydrogen-bond acceptors (Lipinski definition) is 2. The van der Waals surface area contributed by atoms with Gasteiger partial charge in [0, 0.05) is 29.9 Å². The topological polar surface area (TPSA) is 40.6 Å². The number of benzene rings is 3. The molecule has 0 bridgehead atoms. The fourth-order valence-electron chi connectivity index (χ4n) is 4.32. The number of rotatable bonds is 3. The number of hydrogen-bond donors (Lipinski definition) is 0. The molecule has 3 aromatic carbocycles. The van der Waals surface area contributed by atoms with Gasteiger partial charge in [0.05, 0.1) is 6.04 Å². The van der Waals surface area contributed by atoms with Crippen molar-refractivity contribution in [2.24, 2.45) is 0 Å². The van der Waals surface area contributed by atoms with E-state index in [2.05, 4.69) is 0 Å². The Hall–Kier alpha value is -3.61. The number of carbonyl (C=O) groups is 2. The molecule has 1 aliphatic rings. The lowest BCUT2D eigenvalue weighted by atomic mass is 9.89. The number of para-hydroxylation sites is 2. The Morgan fingerprint density at radius 2 is 1.53 bits per heavy atom. The normalized spacial score (nSPS) is 17.6. The first-order chi connectivity index (χ1) is 15.3. The van der Waals surface area contributed by atoms with Crippen LogP contribution in [0, 0.1) is 17.5 Å². The molecule has 164 valence electrons. The molecule has 1 aliphatic heterocycles. The molecule has 0 aromatic heterocycles. The average Bonchev–Trinajstić information content (AvgIpc) is 2.77. The predicted molar refractivity (Wildman–Crippen MR) is 116 cm³/mol. The SMILES string of the molecule is CC(=O)N(c1ccccc1)[C@@H]1C[C@H](C)N(C(=O)c2cc(F)c(F)c(F)c2)c2ccccc21. The molecule has 0 unspecified atom stereocenters. The van der Waals surface area contributed by atoms with E-state index in [1.807, 2.05) is 42.5 Å². The van der Waals surface area contributed by atoms with Crippen molar-refractivity contribution in [2.75, 3.05) is 9.80 Å². The third-order valence-corrected chi connectivity index (χ3v) is 5.70. The molecule has 7 heteroatoms. The Labute approximate surface area is 183 Å². The molecule has 2 atom stereocenters. The van der Waals surface area contributed by atoms with Crippen LogP contribution in [0.3, 0.4) is 0 Å². The Kier molecular flexibility index (Phi) is 5.74. The van der Waals surface area contributed by atoms with Crippen LogP contribution in [0.1, 0.15) is 42.2 Å². The van der Waals surface area contributed by atoms with Crippen LogP contribution in [-0.2, 0) is 4.79 Å². The zero-order valence-electron chi connectivity index (χ0n) is 17.6. The molecular weight excluding hydrogens is 417 g/mol. The molecule has 0 spiro atoms. The van der Waals surface area contributed by atoms with Crippen LogP contribution in [-0.4, -0.2) is 17.9 Å². The first-order valence-corrected chi connectivity index (χ1v) is 10.2. The number of fused-ring (bicyclic) bond motifs is 1. The van der Waals surface area contributed by atoms with Gasteiger partial charge in [0.15, 0.2) is 17.5 Å². The van der Waals surface area contributed by atoms with E-state index in [0.717, 1.165) is 11.3 Å². The third-order valence-electron chi connectivity index (χ3n) is 5.70. The van der Waals surface area contributed by atoms with Crippen molar-refractivity contribution >= 4 is 23.2 Å². The molecule has 0 fully saturated rings. The maximum absolute atomic E-state index is 13.8. The summed E-state index contributed by atoms with van der Waals surface area (Å²) in [5, 5.41) is 0. The monoisotopic (exact) mass is 438 g/mol. The standard InChI is InChI=1S/C25H21F3N2O2/c1-15-12-23(30(16(2)31)18-8-4-3-5-9-18)19-10-6-7-11-22(19)29(15)25(32)17-13-20(26)24(28)21(27)14-17/h3-11,13-15,23H,12H2,1-2H3/t15-,23+/m0/s1. The highest BCUT2D eigenvalue weighted by Gasteiger charge is 2.38. The second-order valence-corrected chi connectivity index (χ2v) is 7.81. The van der Waals surface area contributed by atoms with Gasteiger partial charge in [-0.05, 0) is 49.2 Å². The van der Waals surface area contributed by atoms with Gasteiger partial charge in [0.2, 0.25) is 5.91 Å². The summed E-state index contributed by atoms with van der Waals surface area (Å²) in [6.45, 7) is 3.29. The highest BCUT2D eigenvalue weighted by Crippen LogP contribution is 2.42. The number of halogens is 3. The molecule has 0 aliphatic carbocycles. The molecule has 4 rings (SSSR count). The summed E-state index contributed by atoms with van der Waals surface area (Å²) in [5.41, 5.74) is 1.72. The molecule has 0 saturated heterocycles. The van der Waals surface area contributed by atoms with E-state index in [1.54, 1.807) is 24.0 Å². The summed E-state index contributed by atoms with van der Waals surface area (Å²) < 4.78 is 40.9. The van der Waals surface area contributed by atoms with E-state index in [4.69, 9.17) is 0 Å². The molecular formula is C25H21F3N2O2. The zero-order chi connectivity index (χ0) is 23.0. The lowest BCUT2D eigenvalue weighted by Crippen LogP contribution is -2.47. The summed E-state index contributed by atoms with van der Waals surface area (Å²) in [5.74, 6) is -5.25. The van der Waals surface area contributed by atoms with Gasteiger partial charge in [-0.2, -0.15) is 0 Å². The maximum Gasteiger partial charge on any atom is 0.258 e. The van der Waals surface area contributed by atoms with E-state index < -0.39 is 29.4 Å². The van der Waals surface area contributed by atoms with Crippen molar-refractivity contribution in [1.82, 2.24) is 0 Å². The van der Waals surface area contributed by atoms with Crippen molar-refractivity contribution < 1.29 is 22.8 Å². The first kappa shape index (κ1) is 21.6. The second kappa shape index (κ2) is 8.49. The largest absolute Gasteiger partial charge is 0.305 e. The van der Waals surface area contributed by atoms with Crippen molar-refractivity contribution in [3.8, 4) is 0 Å². The number of amides is 2. The van der Waals surface area contributed by atoms with E-state index in [-0.39, 0.29) is 17.5 Å². The van der Waals surface area contributed by atoms with Crippen molar-refractivity contribution in [1.29, 1.82) is 0 Å². The first-order valence-electron chi connectivity index (χ1n) is 10.2. The van der Waals surface area contributed by atoms with E-state index >= 15 is 0 Å². The van der Waals surface area contributed by atoms with Crippen LogP contribution in [0.5, 0.6) is 0 Å². The van der Waals surface area contributed by atoms with Gasteiger partial charge in [-0.25, -0.2) is 13.2 Å². The lowest BCUT2D eigenvalue weighted by Gasteiger charge is -2.43. The van der Waals surface area contributed by atoms with Crippen LogP contribution in [0.25, 0.3) is 0 Å². The van der Waals surface area contributed by atoms with E-state index in [9.17, 15) is 22.8 Å². The van der Waals surface area contributed by atoms with Crippen molar-refractivity contribution in [2.45, 2.75) is 32.4 Å².